The van der Waals surface area contributed by atoms with Crippen LogP contribution in [0.4, 0.5) is 0 Å². The third-order valence-corrected chi connectivity index (χ3v) is 6.40. The highest BCUT2D eigenvalue weighted by Crippen LogP contribution is 2.22. The largest absolute Gasteiger partial charge is 0.455 e. The smallest absolute Gasteiger partial charge is 0.308 e. The van der Waals surface area contributed by atoms with E-state index in [-0.39, 0.29) is 23.7 Å². The van der Waals surface area contributed by atoms with Gasteiger partial charge in [-0.25, -0.2) is 13.8 Å². The van der Waals surface area contributed by atoms with Crippen molar-refractivity contribution < 1.29 is 22.7 Å². The molecule has 9 nitrogen and oxygen atoms in total. The molecule has 0 atom stereocenters. The molecule has 3 aromatic rings. The van der Waals surface area contributed by atoms with E-state index in [9.17, 15) is 18.0 Å². The van der Waals surface area contributed by atoms with Crippen LogP contribution >= 0.6 is 0 Å². The van der Waals surface area contributed by atoms with Crippen molar-refractivity contribution in [3.63, 3.8) is 0 Å². The lowest BCUT2D eigenvalue weighted by molar-refractivity contribution is -0.148. The van der Waals surface area contributed by atoms with Gasteiger partial charge in [0.2, 0.25) is 0 Å². The number of carbonyl (C=O) groups excluding carboxylic acids is 2. The van der Waals surface area contributed by atoms with Crippen molar-refractivity contribution >= 4 is 33.4 Å². The average molecular weight is 491 g/mol. The third kappa shape index (κ3) is 5.98. The normalized spacial score (nSPS) is 14.5. The second-order valence-electron chi connectivity index (χ2n) is 7.47. The molecule has 10 heteroatoms. The van der Waals surface area contributed by atoms with Crippen molar-refractivity contribution in [3.05, 3.63) is 102 Å². The number of hydrogen-bond acceptors (Lipinski definition) is 7. The van der Waals surface area contributed by atoms with Crippen LogP contribution in [-0.4, -0.2) is 45.0 Å². The zero-order valence-electron chi connectivity index (χ0n) is 18.5. The number of hydrazone groups is 1. The SMILES string of the molecule is O=C(COC(=O)CCN=C1NS(=O)(=O)c2ccccc21)NN=C(c1ccccc1)c1ccccc1. The van der Waals surface area contributed by atoms with Gasteiger partial charge in [0.05, 0.1) is 23.6 Å². The number of amides is 1. The number of hydrogen-bond donors (Lipinski definition) is 2. The van der Waals surface area contributed by atoms with Gasteiger partial charge in [-0.15, -0.1) is 0 Å². The highest BCUT2D eigenvalue weighted by molar-refractivity contribution is 7.90. The highest BCUT2D eigenvalue weighted by atomic mass is 32.2. The fourth-order valence-corrected chi connectivity index (χ4v) is 4.62. The molecule has 1 aliphatic heterocycles. The van der Waals surface area contributed by atoms with E-state index in [1.807, 2.05) is 60.7 Å². The summed E-state index contributed by atoms with van der Waals surface area (Å²) in [6.07, 6.45) is -0.122. The highest BCUT2D eigenvalue weighted by Gasteiger charge is 2.30. The number of aliphatic imine (C=N–C) groups is 1. The minimum atomic E-state index is -3.64. The fraction of sp³-hybridized carbons (Fsp3) is 0.120. The standard InChI is InChI=1S/C25H22N4O5S/c30-22(27-28-24(18-9-3-1-4-10-18)19-11-5-2-6-12-19)17-34-23(31)15-16-26-25-20-13-7-8-14-21(20)35(32,33)29-25/h1-14H,15-17H2,(H,26,29)(H,27,30). The van der Waals surface area contributed by atoms with Gasteiger partial charge in [-0.2, -0.15) is 5.10 Å². The van der Waals surface area contributed by atoms with Gasteiger partial charge in [-0.05, 0) is 12.1 Å². The van der Waals surface area contributed by atoms with E-state index in [1.54, 1.807) is 18.2 Å². The maximum Gasteiger partial charge on any atom is 0.308 e. The topological polar surface area (TPSA) is 126 Å². The predicted molar refractivity (Wildman–Crippen MR) is 130 cm³/mol. The lowest BCUT2D eigenvalue weighted by Crippen LogP contribution is -2.26. The second kappa shape index (κ2) is 10.7. The number of nitrogens with zero attached hydrogens (tertiary/aromatic N) is 2. The van der Waals surface area contributed by atoms with Crippen molar-refractivity contribution in [1.29, 1.82) is 0 Å². The quantitative estimate of drug-likeness (QED) is 0.284. The van der Waals surface area contributed by atoms with Crippen molar-refractivity contribution in [3.8, 4) is 0 Å². The van der Waals surface area contributed by atoms with E-state index in [0.717, 1.165) is 11.1 Å². The number of benzene rings is 3. The summed E-state index contributed by atoms with van der Waals surface area (Å²) >= 11 is 0. The number of sulfonamides is 1. The number of amidine groups is 1. The van der Waals surface area contributed by atoms with E-state index in [1.165, 1.54) is 6.07 Å². The third-order valence-electron chi connectivity index (χ3n) is 5.00. The van der Waals surface area contributed by atoms with E-state index in [4.69, 9.17) is 4.74 Å². The van der Waals surface area contributed by atoms with Crippen LogP contribution in [0.2, 0.25) is 0 Å². The van der Waals surface area contributed by atoms with Crippen LogP contribution in [0.3, 0.4) is 0 Å². The summed E-state index contributed by atoms with van der Waals surface area (Å²) in [5.41, 5.74) is 5.08. The van der Waals surface area contributed by atoms with Crippen LogP contribution in [-0.2, 0) is 24.3 Å². The fourth-order valence-electron chi connectivity index (χ4n) is 3.37. The Morgan fingerprint density at radius 2 is 1.46 bits per heavy atom. The minimum absolute atomic E-state index is 0.00302. The minimum Gasteiger partial charge on any atom is -0.455 e. The molecule has 0 aromatic heterocycles. The van der Waals surface area contributed by atoms with E-state index in [2.05, 4.69) is 20.2 Å². The number of nitrogens with one attached hydrogen (secondary N) is 2. The molecule has 0 spiro atoms. The zero-order chi connectivity index (χ0) is 24.7. The molecule has 1 aliphatic rings. The Morgan fingerprint density at radius 3 is 2.11 bits per heavy atom. The first-order valence-corrected chi connectivity index (χ1v) is 12.2. The number of esters is 1. The molecule has 0 fully saturated rings. The Morgan fingerprint density at radius 1 is 0.857 bits per heavy atom. The number of carbonyl (C=O) groups is 2. The van der Waals surface area contributed by atoms with Crippen LogP contribution in [0.5, 0.6) is 0 Å². The summed E-state index contributed by atoms with van der Waals surface area (Å²) in [5, 5.41) is 4.23. The molecule has 1 heterocycles. The molecule has 0 unspecified atom stereocenters. The molecular formula is C25H22N4O5S. The van der Waals surface area contributed by atoms with Crippen LogP contribution in [0.25, 0.3) is 0 Å². The van der Waals surface area contributed by atoms with Gasteiger partial charge in [0.1, 0.15) is 5.84 Å². The maximum absolute atomic E-state index is 12.2. The second-order valence-corrected chi connectivity index (χ2v) is 9.12. The maximum atomic E-state index is 12.2. The first-order valence-electron chi connectivity index (χ1n) is 10.7. The number of ether oxygens (including phenoxy) is 1. The molecule has 3 aromatic carbocycles. The first-order chi connectivity index (χ1) is 16.9. The number of rotatable bonds is 8. The van der Waals surface area contributed by atoms with Gasteiger partial charge in [0, 0.05) is 16.7 Å². The van der Waals surface area contributed by atoms with Crippen LogP contribution in [0.15, 0.2) is 99.9 Å². The molecule has 0 saturated heterocycles. The molecule has 0 radical (unpaired) electrons. The molecule has 0 saturated carbocycles. The van der Waals surface area contributed by atoms with Crippen molar-refractivity contribution in [2.75, 3.05) is 13.2 Å². The lowest BCUT2D eigenvalue weighted by Gasteiger charge is -2.08. The summed E-state index contributed by atoms with van der Waals surface area (Å²) in [6.45, 7) is -0.512. The molecule has 2 N–H and O–H groups in total. The molecule has 0 bridgehead atoms. The molecule has 0 aliphatic carbocycles. The van der Waals surface area contributed by atoms with Crippen LogP contribution < -0.4 is 10.1 Å². The molecular weight excluding hydrogens is 468 g/mol. The number of fused-ring (bicyclic) bond motifs is 1. The molecule has 4 rings (SSSR count). The summed E-state index contributed by atoms with van der Waals surface area (Å²) in [4.78, 5) is 28.5. The van der Waals surface area contributed by atoms with Crippen molar-refractivity contribution in [2.24, 2.45) is 10.1 Å². The summed E-state index contributed by atoms with van der Waals surface area (Å²) in [7, 11) is -3.64. The summed E-state index contributed by atoms with van der Waals surface area (Å²) in [6, 6.07) is 25.2. The Kier molecular flexibility index (Phi) is 7.32. The van der Waals surface area contributed by atoms with Gasteiger partial charge in [0.15, 0.2) is 6.61 Å². The van der Waals surface area contributed by atoms with Crippen LogP contribution in [0, 0.1) is 0 Å². The lowest BCUT2D eigenvalue weighted by atomic mass is 10.0. The Bertz CT molecular complexity index is 1350. The van der Waals surface area contributed by atoms with Crippen molar-refractivity contribution in [2.45, 2.75) is 11.3 Å². The van der Waals surface area contributed by atoms with Gasteiger partial charge < -0.3 is 4.74 Å². The molecule has 178 valence electrons. The van der Waals surface area contributed by atoms with Gasteiger partial charge in [-0.1, -0.05) is 72.8 Å². The van der Waals surface area contributed by atoms with Crippen molar-refractivity contribution in [1.82, 2.24) is 10.1 Å². The Labute approximate surface area is 202 Å². The summed E-state index contributed by atoms with van der Waals surface area (Å²) < 4.78 is 31.5. The van der Waals surface area contributed by atoms with Gasteiger partial charge in [-0.3, -0.25) is 19.3 Å². The monoisotopic (exact) mass is 490 g/mol. The molecule has 35 heavy (non-hydrogen) atoms. The van der Waals surface area contributed by atoms with E-state index < -0.39 is 28.5 Å². The predicted octanol–water partition coefficient (Wildman–Crippen LogP) is 2.23. The molecule has 1 amide bonds. The average Bonchev–Trinajstić information content (AvgIpc) is 3.14. The first kappa shape index (κ1) is 23.8. The van der Waals surface area contributed by atoms with Crippen LogP contribution in [0.1, 0.15) is 23.1 Å². The summed E-state index contributed by atoms with van der Waals surface area (Å²) in [5.74, 6) is -1.06. The van der Waals surface area contributed by atoms with Gasteiger partial charge in [0.25, 0.3) is 15.9 Å². The zero-order valence-corrected chi connectivity index (χ0v) is 19.4. The Hall–Kier alpha value is -4.31. The van der Waals surface area contributed by atoms with E-state index >= 15 is 0 Å². The van der Waals surface area contributed by atoms with Gasteiger partial charge >= 0.3 is 5.97 Å². The Balaban J connectivity index is 1.30. The van der Waals surface area contributed by atoms with E-state index in [0.29, 0.717) is 11.3 Å².